The Hall–Kier alpha value is -5.26. The van der Waals surface area contributed by atoms with Gasteiger partial charge in [0.2, 0.25) is 17.7 Å². The molecule has 4 N–H and O–H groups in total. The number of anilines is 4. The quantitative estimate of drug-likeness (QED) is 0.230. The molecule has 1 amide bonds. The van der Waals surface area contributed by atoms with E-state index in [-0.39, 0.29) is 46.5 Å². The van der Waals surface area contributed by atoms with Crippen molar-refractivity contribution in [3.8, 4) is 17.3 Å². The third-order valence-electron chi connectivity index (χ3n) is 6.70. The lowest BCUT2D eigenvalue weighted by molar-refractivity contribution is -0.111. The lowest BCUT2D eigenvalue weighted by Gasteiger charge is -2.36. The Bertz CT molecular complexity index is 1780. The summed E-state index contributed by atoms with van der Waals surface area (Å²) in [5.41, 5.74) is -0.135. The third kappa shape index (κ3) is 5.78. The summed E-state index contributed by atoms with van der Waals surface area (Å²) in [4.78, 5) is 43.5. The van der Waals surface area contributed by atoms with E-state index in [0.717, 1.165) is 6.08 Å². The van der Waals surface area contributed by atoms with Crippen LogP contribution >= 0.6 is 0 Å². The van der Waals surface area contributed by atoms with Crippen LogP contribution in [0.1, 0.15) is 5.82 Å². The van der Waals surface area contributed by atoms with Gasteiger partial charge in [0.15, 0.2) is 17.3 Å². The Morgan fingerprint density at radius 3 is 2.64 bits per heavy atom. The van der Waals surface area contributed by atoms with Gasteiger partial charge in [0.05, 0.1) is 23.7 Å². The summed E-state index contributed by atoms with van der Waals surface area (Å²) in [6, 6.07) is 11.0. The number of carbonyl (C=O) groups is 1. The minimum atomic E-state index is -1.15. The van der Waals surface area contributed by atoms with Crippen LogP contribution < -0.4 is 21.1 Å². The number of aliphatic hydroxyl groups excluding tert-OH is 1. The number of aliphatic hydroxyl groups is 1. The number of fused-ring (bicyclic) bond motifs is 1. The summed E-state index contributed by atoms with van der Waals surface area (Å²) in [6.07, 6.45) is 1.10. The fourth-order valence-electron chi connectivity index (χ4n) is 4.65. The number of nitrogens with one attached hydrogen (secondary N) is 3. The first-order valence-corrected chi connectivity index (χ1v) is 12.9. The molecule has 2 aromatic carbocycles. The molecule has 14 heteroatoms. The predicted octanol–water partition coefficient (Wildman–Crippen LogP) is 2.51. The molecule has 1 saturated heterocycles. The molecule has 214 valence electrons. The van der Waals surface area contributed by atoms with Gasteiger partial charge in [-0.15, -0.1) is 0 Å². The van der Waals surface area contributed by atoms with Gasteiger partial charge in [-0.25, -0.2) is 13.8 Å². The number of amides is 1. The molecule has 5 rings (SSSR count). The zero-order valence-electron chi connectivity index (χ0n) is 22.2. The van der Waals surface area contributed by atoms with Crippen molar-refractivity contribution in [3.63, 3.8) is 0 Å². The fraction of sp³-hybridized carbons (Fsp3) is 0.214. The molecule has 0 bridgehead atoms. The largest absolute Gasteiger partial charge is 0.395 e. The molecule has 4 aromatic rings. The first kappa shape index (κ1) is 28.3. The number of carbonyl (C=O) groups excluding carboxylic acids is 1. The van der Waals surface area contributed by atoms with E-state index in [0.29, 0.717) is 44.0 Å². The minimum Gasteiger partial charge on any atom is -0.395 e. The second kappa shape index (κ2) is 12.1. The summed E-state index contributed by atoms with van der Waals surface area (Å²) in [5.74, 6) is -3.16. The maximum atomic E-state index is 15.3. The van der Waals surface area contributed by atoms with E-state index in [1.54, 1.807) is 35.2 Å². The highest BCUT2D eigenvalue weighted by Crippen LogP contribution is 2.31. The van der Waals surface area contributed by atoms with Gasteiger partial charge in [0, 0.05) is 44.0 Å². The second-order valence-electron chi connectivity index (χ2n) is 9.33. The monoisotopic (exact) mass is 573 g/mol. The molecule has 12 nitrogen and oxygen atoms in total. The predicted molar refractivity (Wildman–Crippen MR) is 152 cm³/mol. The van der Waals surface area contributed by atoms with Crippen LogP contribution in [0.5, 0.6) is 0 Å². The van der Waals surface area contributed by atoms with Crippen LogP contribution in [-0.4, -0.2) is 75.2 Å². The van der Waals surface area contributed by atoms with Crippen molar-refractivity contribution >= 4 is 40.0 Å². The van der Waals surface area contributed by atoms with Gasteiger partial charge in [-0.3, -0.25) is 19.5 Å². The average Bonchev–Trinajstić information content (AvgIpc) is 2.99. The SMILES string of the molecule is C=CC(=O)Nc1cccc(-c2nc(Nc3ccc(N4CCN(CCO)CC4)c(F)c3F)nc3nc(C#N)[nH]c(=O)c23)c1. The Labute approximate surface area is 238 Å². The summed E-state index contributed by atoms with van der Waals surface area (Å²) < 4.78 is 30.5. The standard InChI is InChI=1S/C28H25F2N9O3/c1-2-21(41)32-17-5-3-4-16(14-17)25-22-26(34-20(15-31)35-27(22)42)37-28(36-25)33-18-6-7-19(24(30)23(18)29)39-10-8-38(9-11-39)12-13-40/h2-7,14,40H,1,8-13H2,(H,32,41)(H2,33,34,35,36,37,42). The van der Waals surface area contributed by atoms with Crippen LogP contribution in [-0.2, 0) is 4.79 Å². The molecular weight excluding hydrogens is 548 g/mol. The molecule has 0 aliphatic carbocycles. The van der Waals surface area contributed by atoms with Crippen molar-refractivity contribution in [2.75, 3.05) is 54.9 Å². The number of halogens is 2. The van der Waals surface area contributed by atoms with E-state index in [1.807, 2.05) is 4.90 Å². The van der Waals surface area contributed by atoms with Crippen LogP contribution in [0.25, 0.3) is 22.3 Å². The number of H-pyrrole nitrogens is 1. The zero-order valence-corrected chi connectivity index (χ0v) is 22.2. The maximum absolute atomic E-state index is 15.3. The van der Waals surface area contributed by atoms with E-state index in [9.17, 15) is 14.9 Å². The normalized spacial score (nSPS) is 13.5. The molecule has 1 aliphatic rings. The van der Waals surface area contributed by atoms with E-state index < -0.39 is 23.1 Å². The number of piperazine rings is 1. The van der Waals surface area contributed by atoms with Crippen LogP contribution in [0.2, 0.25) is 0 Å². The first-order chi connectivity index (χ1) is 20.3. The molecule has 1 aliphatic heterocycles. The number of rotatable bonds is 8. The minimum absolute atomic E-state index is 0.0287. The summed E-state index contributed by atoms with van der Waals surface area (Å²) in [5, 5.41) is 23.7. The van der Waals surface area contributed by atoms with E-state index in [1.165, 1.54) is 12.1 Å². The summed E-state index contributed by atoms with van der Waals surface area (Å²) in [6.45, 7) is 6.11. The van der Waals surface area contributed by atoms with Gasteiger partial charge in [-0.2, -0.15) is 15.2 Å². The number of hydrogen-bond donors (Lipinski definition) is 4. The Balaban J connectivity index is 1.53. The summed E-state index contributed by atoms with van der Waals surface area (Å²) >= 11 is 0. The number of hydrogen-bond acceptors (Lipinski definition) is 10. The topological polar surface area (TPSA) is 163 Å². The first-order valence-electron chi connectivity index (χ1n) is 12.9. The van der Waals surface area contributed by atoms with Gasteiger partial charge >= 0.3 is 0 Å². The van der Waals surface area contributed by atoms with Crippen molar-refractivity contribution in [2.45, 2.75) is 0 Å². The Kier molecular flexibility index (Phi) is 8.14. The Morgan fingerprint density at radius 1 is 1.14 bits per heavy atom. The van der Waals surface area contributed by atoms with Crippen molar-refractivity contribution in [1.29, 1.82) is 5.26 Å². The second-order valence-corrected chi connectivity index (χ2v) is 9.33. The molecule has 42 heavy (non-hydrogen) atoms. The Morgan fingerprint density at radius 2 is 1.93 bits per heavy atom. The zero-order chi connectivity index (χ0) is 29.8. The van der Waals surface area contributed by atoms with Crippen molar-refractivity contribution in [2.24, 2.45) is 0 Å². The molecule has 0 atom stereocenters. The molecule has 2 aromatic heterocycles. The highest BCUT2D eigenvalue weighted by Gasteiger charge is 2.23. The molecule has 1 fully saturated rings. The lowest BCUT2D eigenvalue weighted by Crippen LogP contribution is -2.47. The third-order valence-corrected chi connectivity index (χ3v) is 6.70. The average molecular weight is 574 g/mol. The van der Waals surface area contributed by atoms with E-state index in [4.69, 9.17) is 5.11 Å². The smallest absolute Gasteiger partial charge is 0.263 e. The lowest BCUT2D eigenvalue weighted by atomic mass is 10.1. The highest BCUT2D eigenvalue weighted by molar-refractivity contribution is 5.99. The van der Waals surface area contributed by atoms with Gasteiger partial charge in [0.25, 0.3) is 5.56 Å². The van der Waals surface area contributed by atoms with Gasteiger partial charge in [-0.05, 0) is 30.3 Å². The van der Waals surface area contributed by atoms with Crippen molar-refractivity contribution < 1.29 is 18.7 Å². The number of nitriles is 1. The molecular formula is C28H25F2N9O3. The van der Waals surface area contributed by atoms with Crippen LogP contribution in [0, 0.1) is 23.0 Å². The van der Waals surface area contributed by atoms with E-state index >= 15 is 8.78 Å². The van der Waals surface area contributed by atoms with Gasteiger partial charge in [0.1, 0.15) is 11.5 Å². The van der Waals surface area contributed by atoms with Crippen LogP contribution in [0.15, 0.2) is 53.8 Å². The summed E-state index contributed by atoms with van der Waals surface area (Å²) in [7, 11) is 0. The maximum Gasteiger partial charge on any atom is 0.263 e. The molecule has 3 heterocycles. The van der Waals surface area contributed by atoms with E-state index in [2.05, 4.69) is 37.1 Å². The van der Waals surface area contributed by atoms with Gasteiger partial charge in [-0.1, -0.05) is 18.7 Å². The fourth-order valence-corrected chi connectivity index (χ4v) is 4.65. The number of β-amino-alcohol motifs (C(OH)–C–C–N with tert-alkyl or cyclic N) is 1. The molecule has 0 unspecified atom stereocenters. The van der Waals surface area contributed by atoms with Gasteiger partial charge < -0.3 is 20.6 Å². The highest BCUT2D eigenvalue weighted by atomic mass is 19.2. The molecule has 0 saturated carbocycles. The number of aromatic amines is 1. The molecule has 0 radical (unpaired) electrons. The molecule has 0 spiro atoms. The van der Waals surface area contributed by atoms with Crippen molar-refractivity contribution in [3.05, 3.63) is 76.9 Å². The number of nitrogens with zero attached hydrogens (tertiary/aromatic N) is 6. The van der Waals surface area contributed by atoms with Crippen LogP contribution in [0.3, 0.4) is 0 Å². The van der Waals surface area contributed by atoms with Crippen molar-refractivity contribution in [1.82, 2.24) is 24.8 Å². The number of aromatic nitrogens is 4. The van der Waals surface area contributed by atoms with Crippen LogP contribution in [0.4, 0.5) is 31.8 Å². The number of benzene rings is 2.